The van der Waals surface area contributed by atoms with E-state index in [1.54, 1.807) is 0 Å². The van der Waals surface area contributed by atoms with Crippen LogP contribution in [0.5, 0.6) is 0 Å². The number of ether oxygens (including phenoxy) is 4. The Kier molecular flexibility index (Phi) is 4.05. The molecule has 5 heteroatoms. The van der Waals surface area contributed by atoms with Gasteiger partial charge in [-0.3, -0.25) is 0 Å². The fraction of sp³-hybridized carbons (Fsp3) is 1.00. The lowest BCUT2D eigenvalue weighted by molar-refractivity contribution is -0.222. The fourth-order valence-electron chi connectivity index (χ4n) is 2.26. The van der Waals surface area contributed by atoms with Gasteiger partial charge in [-0.25, -0.2) is 0 Å². The molecule has 4 atom stereocenters. The molecule has 0 aliphatic carbocycles. The Morgan fingerprint density at radius 1 is 1.29 bits per heavy atom. The highest BCUT2D eigenvalue weighted by atomic mass is 16.8. The van der Waals surface area contributed by atoms with Gasteiger partial charge < -0.3 is 24.1 Å². The van der Waals surface area contributed by atoms with Crippen molar-refractivity contribution in [3.63, 3.8) is 0 Å². The predicted octanol–water partition coefficient (Wildman–Crippen LogP) is 1.04. The molecule has 2 aliphatic heterocycles. The molecule has 2 heterocycles. The Balaban J connectivity index is 1.95. The summed E-state index contributed by atoms with van der Waals surface area (Å²) in [5, 5.41) is 9.26. The van der Waals surface area contributed by atoms with Crippen molar-refractivity contribution in [2.24, 2.45) is 0 Å². The van der Waals surface area contributed by atoms with E-state index in [0.29, 0.717) is 6.61 Å². The van der Waals surface area contributed by atoms with Crippen molar-refractivity contribution in [2.75, 3.05) is 13.2 Å². The standard InChI is InChI=1S/C12H22O5/c1-4-5-6-14-9-8(7-13)15-11-10(9)16-12(2,3)17-11/h8-11,13H,4-7H2,1-3H3. The van der Waals surface area contributed by atoms with E-state index < -0.39 is 12.1 Å². The van der Waals surface area contributed by atoms with E-state index >= 15 is 0 Å². The molecule has 2 fully saturated rings. The molecule has 0 aromatic carbocycles. The zero-order chi connectivity index (χ0) is 12.5. The van der Waals surface area contributed by atoms with Crippen molar-refractivity contribution >= 4 is 0 Å². The molecular formula is C12H22O5. The van der Waals surface area contributed by atoms with Gasteiger partial charge in [-0.1, -0.05) is 13.3 Å². The van der Waals surface area contributed by atoms with Crippen LogP contribution >= 0.6 is 0 Å². The minimum Gasteiger partial charge on any atom is -0.394 e. The molecule has 2 saturated heterocycles. The predicted molar refractivity (Wildman–Crippen MR) is 60.4 cm³/mol. The van der Waals surface area contributed by atoms with E-state index in [9.17, 15) is 5.11 Å². The molecule has 5 nitrogen and oxygen atoms in total. The van der Waals surface area contributed by atoms with Crippen LogP contribution in [0.15, 0.2) is 0 Å². The molecule has 0 spiro atoms. The van der Waals surface area contributed by atoms with Gasteiger partial charge in [-0.2, -0.15) is 0 Å². The maximum Gasteiger partial charge on any atom is 0.190 e. The molecule has 0 bridgehead atoms. The summed E-state index contributed by atoms with van der Waals surface area (Å²) in [7, 11) is 0. The largest absolute Gasteiger partial charge is 0.394 e. The van der Waals surface area contributed by atoms with Crippen LogP contribution in [0.4, 0.5) is 0 Å². The molecule has 0 amide bonds. The summed E-state index contributed by atoms with van der Waals surface area (Å²) < 4.78 is 22.7. The lowest BCUT2D eigenvalue weighted by Gasteiger charge is -2.24. The van der Waals surface area contributed by atoms with Gasteiger partial charge in [-0.15, -0.1) is 0 Å². The Bertz CT molecular complexity index is 255. The van der Waals surface area contributed by atoms with Gasteiger partial charge >= 0.3 is 0 Å². The first-order valence-corrected chi connectivity index (χ1v) is 6.31. The molecule has 100 valence electrons. The van der Waals surface area contributed by atoms with Crippen LogP contribution in [-0.2, 0) is 18.9 Å². The molecule has 2 aliphatic rings. The molecule has 0 saturated carbocycles. The molecular weight excluding hydrogens is 224 g/mol. The highest BCUT2D eigenvalue weighted by Gasteiger charge is 2.55. The van der Waals surface area contributed by atoms with Crippen LogP contribution in [0.2, 0.25) is 0 Å². The summed E-state index contributed by atoms with van der Waals surface area (Å²) in [5.41, 5.74) is 0. The lowest BCUT2D eigenvalue weighted by atomic mass is 10.1. The molecule has 0 aromatic rings. The van der Waals surface area contributed by atoms with Crippen molar-refractivity contribution in [3.8, 4) is 0 Å². The second-order valence-electron chi connectivity index (χ2n) is 5.01. The van der Waals surface area contributed by atoms with Gasteiger partial charge in [0, 0.05) is 6.61 Å². The van der Waals surface area contributed by atoms with Gasteiger partial charge in [-0.05, 0) is 20.3 Å². The molecule has 1 N–H and O–H groups in total. The first-order chi connectivity index (χ1) is 8.07. The number of aliphatic hydroxyl groups is 1. The van der Waals surface area contributed by atoms with E-state index in [4.69, 9.17) is 18.9 Å². The highest BCUT2D eigenvalue weighted by Crippen LogP contribution is 2.38. The summed E-state index contributed by atoms with van der Waals surface area (Å²) in [6, 6.07) is 0. The van der Waals surface area contributed by atoms with Gasteiger partial charge in [0.1, 0.15) is 18.3 Å². The van der Waals surface area contributed by atoms with Crippen LogP contribution in [0.25, 0.3) is 0 Å². The van der Waals surface area contributed by atoms with Crippen LogP contribution in [0, 0.1) is 0 Å². The average molecular weight is 246 g/mol. The summed E-state index contributed by atoms with van der Waals surface area (Å²) in [5.74, 6) is -0.637. The normalized spacial score (nSPS) is 39.5. The van der Waals surface area contributed by atoms with Gasteiger partial charge in [0.05, 0.1) is 6.61 Å². The average Bonchev–Trinajstić information content (AvgIpc) is 2.72. The number of hydrogen-bond acceptors (Lipinski definition) is 5. The lowest BCUT2D eigenvalue weighted by Crippen LogP contribution is -2.38. The first-order valence-electron chi connectivity index (χ1n) is 6.31. The van der Waals surface area contributed by atoms with Crippen LogP contribution in [-0.4, -0.2) is 48.7 Å². The summed E-state index contributed by atoms with van der Waals surface area (Å²) >= 11 is 0. The van der Waals surface area contributed by atoms with Crippen molar-refractivity contribution in [1.82, 2.24) is 0 Å². The smallest absolute Gasteiger partial charge is 0.190 e. The van der Waals surface area contributed by atoms with Crippen LogP contribution in [0.3, 0.4) is 0 Å². The van der Waals surface area contributed by atoms with E-state index in [1.807, 2.05) is 13.8 Å². The minimum absolute atomic E-state index is 0.0725. The maximum atomic E-state index is 9.26. The number of unbranched alkanes of at least 4 members (excludes halogenated alkanes) is 1. The van der Waals surface area contributed by atoms with Gasteiger partial charge in [0.25, 0.3) is 0 Å². The first kappa shape index (κ1) is 13.2. The highest BCUT2D eigenvalue weighted by molar-refractivity contribution is 4.93. The Morgan fingerprint density at radius 3 is 2.71 bits per heavy atom. The number of rotatable bonds is 5. The van der Waals surface area contributed by atoms with Crippen molar-refractivity contribution < 1.29 is 24.1 Å². The zero-order valence-corrected chi connectivity index (χ0v) is 10.7. The van der Waals surface area contributed by atoms with Crippen molar-refractivity contribution in [1.29, 1.82) is 0 Å². The third-order valence-electron chi connectivity index (χ3n) is 3.08. The molecule has 0 aromatic heterocycles. The Morgan fingerprint density at radius 2 is 2.06 bits per heavy atom. The SMILES string of the molecule is CCCCOC1C(CO)OC2OC(C)(C)OC21. The fourth-order valence-corrected chi connectivity index (χ4v) is 2.26. The monoisotopic (exact) mass is 246 g/mol. The molecule has 0 radical (unpaired) electrons. The number of fused-ring (bicyclic) bond motifs is 1. The zero-order valence-electron chi connectivity index (χ0n) is 10.7. The summed E-state index contributed by atoms with van der Waals surface area (Å²) in [4.78, 5) is 0. The second kappa shape index (κ2) is 5.20. The molecule has 17 heavy (non-hydrogen) atoms. The maximum absolute atomic E-state index is 9.26. The molecule has 4 unspecified atom stereocenters. The van der Waals surface area contributed by atoms with Crippen molar-refractivity contribution in [2.45, 2.75) is 64.0 Å². The summed E-state index contributed by atoms with van der Waals surface area (Å²) in [6.07, 6.45) is 0.828. The van der Waals surface area contributed by atoms with E-state index in [1.165, 1.54) is 0 Å². The van der Waals surface area contributed by atoms with E-state index in [0.717, 1.165) is 12.8 Å². The van der Waals surface area contributed by atoms with Crippen LogP contribution in [0.1, 0.15) is 33.6 Å². The third kappa shape index (κ3) is 2.80. The topological polar surface area (TPSA) is 57.2 Å². The third-order valence-corrected chi connectivity index (χ3v) is 3.08. The Hall–Kier alpha value is -0.200. The Labute approximate surface area is 102 Å². The van der Waals surface area contributed by atoms with E-state index in [2.05, 4.69) is 6.92 Å². The second-order valence-corrected chi connectivity index (χ2v) is 5.01. The summed E-state index contributed by atoms with van der Waals surface area (Å²) in [6.45, 7) is 6.40. The molecule has 2 rings (SSSR count). The van der Waals surface area contributed by atoms with Crippen LogP contribution < -0.4 is 0 Å². The minimum atomic E-state index is -0.637. The van der Waals surface area contributed by atoms with E-state index in [-0.39, 0.29) is 24.9 Å². The quantitative estimate of drug-likeness (QED) is 0.735. The van der Waals surface area contributed by atoms with Gasteiger partial charge in [0.15, 0.2) is 12.1 Å². The van der Waals surface area contributed by atoms with Gasteiger partial charge in [0.2, 0.25) is 0 Å². The number of aliphatic hydroxyl groups excluding tert-OH is 1. The van der Waals surface area contributed by atoms with Crippen molar-refractivity contribution in [3.05, 3.63) is 0 Å². The number of hydrogen-bond donors (Lipinski definition) is 1.